The van der Waals surface area contributed by atoms with Crippen molar-refractivity contribution >= 4 is 23.3 Å². The number of urea groups is 1. The van der Waals surface area contributed by atoms with E-state index in [-0.39, 0.29) is 18.4 Å². The Morgan fingerprint density at radius 2 is 2.28 bits per heavy atom. The average molecular weight is 369 g/mol. The van der Waals surface area contributed by atoms with Crippen molar-refractivity contribution in [2.24, 2.45) is 11.7 Å². The molecule has 0 aliphatic carbocycles. The van der Waals surface area contributed by atoms with Crippen LogP contribution in [0.3, 0.4) is 0 Å². The Morgan fingerprint density at radius 3 is 2.92 bits per heavy atom. The van der Waals surface area contributed by atoms with Gasteiger partial charge in [0.2, 0.25) is 5.91 Å². The number of carbonyl (C=O) groups excluding carboxylic acids is 2. The van der Waals surface area contributed by atoms with E-state index in [2.05, 4.69) is 29.4 Å². The van der Waals surface area contributed by atoms with Gasteiger partial charge in [-0.25, -0.2) is 4.79 Å². The standard InChI is InChI=1S/C17H28N4O3S/c1-12(2)10-21-5-6-24-13(11-21)9-19-16(22)8-14(20-17(18)23)15-4-3-7-25-15/h3-4,7,12-14H,5-6,8-11H2,1-2H3,(H,19,22)(H3,18,20,23). The van der Waals surface area contributed by atoms with Gasteiger partial charge in [0, 0.05) is 31.1 Å². The van der Waals surface area contributed by atoms with Gasteiger partial charge >= 0.3 is 6.03 Å². The highest BCUT2D eigenvalue weighted by Crippen LogP contribution is 2.21. The molecule has 0 bridgehead atoms. The maximum Gasteiger partial charge on any atom is 0.312 e. The molecule has 7 nitrogen and oxygen atoms in total. The highest BCUT2D eigenvalue weighted by molar-refractivity contribution is 7.10. The molecule has 2 rings (SSSR count). The maximum atomic E-state index is 12.3. The first-order valence-corrected chi connectivity index (χ1v) is 9.52. The molecule has 0 aromatic carbocycles. The highest BCUT2D eigenvalue weighted by Gasteiger charge is 2.23. The molecule has 140 valence electrons. The number of hydrogen-bond acceptors (Lipinski definition) is 5. The predicted octanol–water partition coefficient (Wildman–Crippen LogP) is 1.32. The number of thiophene rings is 1. The molecule has 0 spiro atoms. The van der Waals surface area contributed by atoms with Gasteiger partial charge in [-0.3, -0.25) is 9.69 Å². The SMILES string of the molecule is CC(C)CN1CCOC(CNC(=O)CC(NC(N)=O)c2cccs2)C1. The largest absolute Gasteiger partial charge is 0.374 e. The van der Waals surface area contributed by atoms with Gasteiger partial charge < -0.3 is 21.1 Å². The Bertz CT molecular complexity index is 550. The van der Waals surface area contributed by atoms with Crippen molar-refractivity contribution in [3.63, 3.8) is 0 Å². The van der Waals surface area contributed by atoms with E-state index in [1.54, 1.807) is 0 Å². The van der Waals surface area contributed by atoms with Gasteiger partial charge in [0.1, 0.15) is 0 Å². The lowest BCUT2D eigenvalue weighted by Crippen LogP contribution is -2.48. The first kappa shape index (κ1) is 19.7. The Labute approximate surface area is 152 Å². The third-order valence-corrected chi connectivity index (χ3v) is 4.95. The number of carbonyl (C=O) groups is 2. The predicted molar refractivity (Wildman–Crippen MR) is 98.4 cm³/mol. The second-order valence-electron chi connectivity index (χ2n) is 6.73. The minimum Gasteiger partial charge on any atom is -0.374 e. The highest BCUT2D eigenvalue weighted by atomic mass is 32.1. The van der Waals surface area contributed by atoms with E-state index in [1.165, 1.54) is 11.3 Å². The van der Waals surface area contributed by atoms with Crippen molar-refractivity contribution in [2.75, 3.05) is 32.8 Å². The molecular weight excluding hydrogens is 340 g/mol. The van der Waals surface area contributed by atoms with E-state index < -0.39 is 12.1 Å². The van der Waals surface area contributed by atoms with Crippen molar-refractivity contribution in [2.45, 2.75) is 32.4 Å². The summed E-state index contributed by atoms with van der Waals surface area (Å²) in [5.41, 5.74) is 5.22. The smallest absolute Gasteiger partial charge is 0.312 e. The van der Waals surface area contributed by atoms with Gasteiger partial charge in [-0.1, -0.05) is 19.9 Å². The fourth-order valence-corrected chi connectivity index (χ4v) is 3.73. The molecule has 1 saturated heterocycles. The number of amides is 3. The number of hydrogen-bond donors (Lipinski definition) is 3. The van der Waals surface area contributed by atoms with Crippen molar-refractivity contribution in [1.82, 2.24) is 15.5 Å². The summed E-state index contributed by atoms with van der Waals surface area (Å²) >= 11 is 1.49. The number of morpholine rings is 1. The second-order valence-corrected chi connectivity index (χ2v) is 7.71. The Kier molecular flexibility index (Phi) is 7.67. The minimum absolute atomic E-state index is 0.000683. The summed E-state index contributed by atoms with van der Waals surface area (Å²) in [6.45, 7) is 8.36. The van der Waals surface area contributed by atoms with Crippen molar-refractivity contribution in [3.05, 3.63) is 22.4 Å². The normalized spacial score (nSPS) is 19.6. The fraction of sp³-hybridized carbons (Fsp3) is 0.647. The van der Waals surface area contributed by atoms with Crippen LogP contribution in [0.25, 0.3) is 0 Å². The zero-order valence-electron chi connectivity index (χ0n) is 14.9. The van der Waals surface area contributed by atoms with E-state index in [1.807, 2.05) is 17.5 Å². The fourth-order valence-electron chi connectivity index (χ4n) is 2.96. The summed E-state index contributed by atoms with van der Waals surface area (Å²) < 4.78 is 5.74. The third kappa shape index (κ3) is 7.01. The van der Waals surface area contributed by atoms with E-state index in [0.717, 1.165) is 24.5 Å². The summed E-state index contributed by atoms with van der Waals surface area (Å²) in [6.07, 6.45) is 0.159. The van der Waals surface area contributed by atoms with Crippen LogP contribution in [0, 0.1) is 5.92 Å². The first-order chi connectivity index (χ1) is 11.9. The molecule has 1 aromatic rings. The van der Waals surface area contributed by atoms with Crippen LogP contribution in [-0.2, 0) is 9.53 Å². The average Bonchev–Trinajstić information content (AvgIpc) is 3.06. The number of nitrogens with one attached hydrogen (secondary N) is 2. The van der Waals surface area contributed by atoms with Gasteiger partial charge in [-0.15, -0.1) is 11.3 Å². The molecule has 3 amide bonds. The van der Waals surface area contributed by atoms with Crippen LogP contribution in [0.2, 0.25) is 0 Å². The van der Waals surface area contributed by atoms with Crippen molar-refractivity contribution in [1.29, 1.82) is 0 Å². The molecule has 0 saturated carbocycles. The lowest BCUT2D eigenvalue weighted by atomic mass is 10.1. The van der Waals surface area contributed by atoms with Crippen LogP contribution in [0.1, 0.15) is 31.2 Å². The summed E-state index contributed by atoms with van der Waals surface area (Å²) in [5, 5.41) is 7.45. The molecule has 2 heterocycles. The van der Waals surface area contributed by atoms with E-state index in [4.69, 9.17) is 10.5 Å². The zero-order chi connectivity index (χ0) is 18.2. The second kappa shape index (κ2) is 9.74. The van der Waals surface area contributed by atoms with Gasteiger partial charge in [0.15, 0.2) is 0 Å². The Balaban J connectivity index is 1.79. The monoisotopic (exact) mass is 368 g/mol. The molecule has 8 heteroatoms. The molecular formula is C17H28N4O3S. The van der Waals surface area contributed by atoms with Gasteiger partial charge in [0.05, 0.1) is 25.2 Å². The van der Waals surface area contributed by atoms with Crippen LogP contribution in [0.5, 0.6) is 0 Å². The molecule has 1 aliphatic heterocycles. The Morgan fingerprint density at radius 1 is 1.48 bits per heavy atom. The zero-order valence-corrected chi connectivity index (χ0v) is 15.7. The van der Waals surface area contributed by atoms with Gasteiger partial charge in [0.25, 0.3) is 0 Å². The summed E-state index contributed by atoms with van der Waals surface area (Å²) in [5.74, 6) is 0.483. The van der Waals surface area contributed by atoms with Crippen LogP contribution in [0.4, 0.5) is 4.79 Å². The molecule has 1 aliphatic rings. The molecule has 2 unspecified atom stereocenters. The van der Waals surface area contributed by atoms with Gasteiger partial charge in [-0.05, 0) is 17.4 Å². The number of nitrogens with zero attached hydrogens (tertiary/aromatic N) is 1. The molecule has 4 N–H and O–H groups in total. The number of rotatable bonds is 8. The van der Waals surface area contributed by atoms with Crippen molar-refractivity contribution in [3.8, 4) is 0 Å². The topological polar surface area (TPSA) is 96.7 Å². The van der Waals surface area contributed by atoms with Crippen LogP contribution in [0.15, 0.2) is 17.5 Å². The molecule has 1 aromatic heterocycles. The molecule has 1 fully saturated rings. The van der Waals surface area contributed by atoms with E-state index in [0.29, 0.717) is 19.1 Å². The van der Waals surface area contributed by atoms with E-state index in [9.17, 15) is 9.59 Å². The molecule has 0 radical (unpaired) electrons. The molecule has 2 atom stereocenters. The number of ether oxygens (including phenoxy) is 1. The summed E-state index contributed by atoms with van der Waals surface area (Å²) in [6, 6.07) is 2.73. The van der Waals surface area contributed by atoms with Crippen LogP contribution in [-0.4, -0.2) is 55.7 Å². The number of primary amides is 1. The lowest BCUT2D eigenvalue weighted by molar-refractivity contribution is -0.122. The lowest BCUT2D eigenvalue weighted by Gasteiger charge is -2.34. The minimum atomic E-state index is -0.633. The third-order valence-electron chi connectivity index (χ3n) is 3.97. The quantitative estimate of drug-likeness (QED) is 0.645. The summed E-state index contributed by atoms with van der Waals surface area (Å²) in [4.78, 5) is 26.7. The Hall–Kier alpha value is -1.64. The van der Waals surface area contributed by atoms with Crippen LogP contribution < -0.4 is 16.4 Å². The summed E-state index contributed by atoms with van der Waals surface area (Å²) in [7, 11) is 0. The molecule has 25 heavy (non-hydrogen) atoms. The van der Waals surface area contributed by atoms with Crippen molar-refractivity contribution < 1.29 is 14.3 Å². The first-order valence-electron chi connectivity index (χ1n) is 8.64. The van der Waals surface area contributed by atoms with Crippen LogP contribution >= 0.6 is 11.3 Å². The van der Waals surface area contributed by atoms with E-state index >= 15 is 0 Å². The van der Waals surface area contributed by atoms with Gasteiger partial charge in [-0.2, -0.15) is 0 Å². The maximum absolute atomic E-state index is 12.3. The number of nitrogens with two attached hydrogens (primary N) is 1.